The highest BCUT2D eigenvalue weighted by Gasteiger charge is 2.20. The maximum Gasteiger partial charge on any atom is 0.123 e. The summed E-state index contributed by atoms with van der Waals surface area (Å²) in [6, 6.07) is 17.8. The van der Waals surface area contributed by atoms with Crippen LogP contribution in [-0.4, -0.2) is 37.9 Å². The molecular weight excluding hydrogens is 324 g/mol. The van der Waals surface area contributed by atoms with Gasteiger partial charge in [-0.25, -0.2) is 0 Å². The molecule has 3 heterocycles. The van der Waals surface area contributed by atoms with Crippen LogP contribution in [0, 0.1) is 0 Å². The molecule has 1 aliphatic heterocycles. The summed E-state index contributed by atoms with van der Waals surface area (Å²) < 4.78 is 2.06. The highest BCUT2D eigenvalue weighted by molar-refractivity contribution is 5.26. The summed E-state index contributed by atoms with van der Waals surface area (Å²) in [5.41, 5.74) is 3.92. The number of aryl methyl sites for hydroxylation is 1. The fourth-order valence-corrected chi connectivity index (χ4v) is 3.50. The number of aliphatic hydroxyl groups is 1. The zero-order valence-electron chi connectivity index (χ0n) is 14.8. The van der Waals surface area contributed by atoms with Gasteiger partial charge in [0.1, 0.15) is 6.10 Å². The number of aliphatic hydroxyl groups excluding tert-OH is 1. The number of hydrogen-bond donors (Lipinski definition) is 1. The highest BCUT2D eigenvalue weighted by Crippen LogP contribution is 2.23. The molecule has 1 atom stereocenters. The molecule has 1 unspecified atom stereocenters. The Labute approximate surface area is 153 Å². The molecule has 26 heavy (non-hydrogen) atoms. The molecule has 0 saturated carbocycles. The molecular formula is C21H24N4O. The Morgan fingerprint density at radius 3 is 2.69 bits per heavy atom. The molecule has 0 bridgehead atoms. The number of rotatable bonds is 5. The fraction of sp³-hybridized carbons (Fsp3) is 0.333. The molecule has 0 fully saturated rings. The van der Waals surface area contributed by atoms with E-state index < -0.39 is 6.10 Å². The first-order chi connectivity index (χ1) is 12.8. The summed E-state index contributed by atoms with van der Waals surface area (Å²) in [6.45, 7) is 3.81. The average Bonchev–Trinajstić information content (AvgIpc) is 2.99. The van der Waals surface area contributed by atoms with E-state index in [0.717, 1.165) is 56.0 Å². The summed E-state index contributed by atoms with van der Waals surface area (Å²) in [5.74, 6) is 0. The number of benzene rings is 1. The van der Waals surface area contributed by atoms with Crippen LogP contribution in [0.5, 0.6) is 0 Å². The van der Waals surface area contributed by atoms with Crippen molar-refractivity contribution in [3.8, 4) is 0 Å². The van der Waals surface area contributed by atoms with E-state index in [1.165, 1.54) is 5.69 Å². The van der Waals surface area contributed by atoms with Gasteiger partial charge in [-0.3, -0.25) is 14.6 Å². The maximum atomic E-state index is 10.6. The Bertz CT molecular complexity index is 832. The predicted octanol–water partition coefficient (Wildman–Crippen LogP) is 2.81. The van der Waals surface area contributed by atoms with Crippen LogP contribution in [0.2, 0.25) is 0 Å². The van der Waals surface area contributed by atoms with Gasteiger partial charge in [0.2, 0.25) is 0 Å². The number of nitrogens with zero attached hydrogens (tertiary/aromatic N) is 4. The molecule has 134 valence electrons. The van der Waals surface area contributed by atoms with Gasteiger partial charge in [-0.05, 0) is 30.2 Å². The van der Waals surface area contributed by atoms with Crippen LogP contribution in [0.3, 0.4) is 0 Å². The van der Waals surface area contributed by atoms with Crippen molar-refractivity contribution in [3.63, 3.8) is 0 Å². The first kappa shape index (κ1) is 16.9. The normalized spacial score (nSPS) is 16.0. The van der Waals surface area contributed by atoms with Crippen LogP contribution >= 0.6 is 0 Å². The second-order valence-corrected chi connectivity index (χ2v) is 6.80. The molecule has 1 aromatic carbocycles. The molecule has 0 radical (unpaired) electrons. The average molecular weight is 348 g/mol. The minimum absolute atomic E-state index is 0.669. The van der Waals surface area contributed by atoms with E-state index in [2.05, 4.69) is 31.8 Å². The molecule has 4 rings (SSSR count). The summed E-state index contributed by atoms with van der Waals surface area (Å²) in [6.07, 6.45) is 3.20. The van der Waals surface area contributed by atoms with Crippen LogP contribution < -0.4 is 0 Å². The number of fused-ring (bicyclic) bond motifs is 1. The highest BCUT2D eigenvalue weighted by atomic mass is 16.3. The van der Waals surface area contributed by atoms with Gasteiger partial charge in [-0.1, -0.05) is 36.4 Å². The van der Waals surface area contributed by atoms with Crippen molar-refractivity contribution >= 4 is 0 Å². The lowest BCUT2D eigenvalue weighted by molar-refractivity contribution is 0.213. The zero-order chi connectivity index (χ0) is 17.8. The third kappa shape index (κ3) is 3.84. The maximum absolute atomic E-state index is 10.6. The molecule has 1 aliphatic rings. The van der Waals surface area contributed by atoms with E-state index in [9.17, 15) is 5.11 Å². The largest absolute Gasteiger partial charge is 0.382 e. The molecule has 5 heteroatoms. The Morgan fingerprint density at radius 1 is 1.04 bits per heavy atom. The lowest BCUT2D eigenvalue weighted by Crippen LogP contribution is -2.26. The molecule has 0 aliphatic carbocycles. The van der Waals surface area contributed by atoms with Crippen molar-refractivity contribution in [1.82, 2.24) is 19.7 Å². The van der Waals surface area contributed by atoms with Crippen molar-refractivity contribution in [2.75, 3.05) is 13.1 Å². The lowest BCUT2D eigenvalue weighted by atomic mass is 10.1. The van der Waals surface area contributed by atoms with Crippen molar-refractivity contribution in [2.45, 2.75) is 32.0 Å². The third-order valence-corrected chi connectivity index (χ3v) is 4.92. The standard InChI is InChI=1S/C21H24N4O/c26-21(17-7-2-1-3-8-17)20-15-19-16-24(12-6-13-25(19)23-20)14-10-18-9-4-5-11-22-18/h1-5,7-9,11,15,21,26H,6,10,12-14,16H2. The molecule has 0 amide bonds. The van der Waals surface area contributed by atoms with Crippen LogP contribution in [0.4, 0.5) is 0 Å². The molecule has 0 spiro atoms. The van der Waals surface area contributed by atoms with Gasteiger partial charge in [0.05, 0.1) is 11.4 Å². The number of hydrogen-bond acceptors (Lipinski definition) is 4. The Balaban J connectivity index is 1.45. The summed E-state index contributed by atoms with van der Waals surface area (Å²) in [7, 11) is 0. The first-order valence-corrected chi connectivity index (χ1v) is 9.21. The minimum atomic E-state index is -0.669. The summed E-state index contributed by atoms with van der Waals surface area (Å²) in [4.78, 5) is 6.87. The molecule has 5 nitrogen and oxygen atoms in total. The second-order valence-electron chi connectivity index (χ2n) is 6.80. The van der Waals surface area contributed by atoms with Crippen LogP contribution in [0.15, 0.2) is 60.8 Å². The van der Waals surface area contributed by atoms with Gasteiger partial charge in [0.25, 0.3) is 0 Å². The van der Waals surface area contributed by atoms with E-state index in [0.29, 0.717) is 0 Å². The summed E-state index contributed by atoms with van der Waals surface area (Å²) in [5, 5.41) is 15.3. The number of pyridine rings is 1. The Morgan fingerprint density at radius 2 is 1.88 bits per heavy atom. The van der Waals surface area contributed by atoms with Gasteiger partial charge in [-0.2, -0.15) is 5.10 Å². The number of aromatic nitrogens is 3. The van der Waals surface area contributed by atoms with Gasteiger partial charge < -0.3 is 5.11 Å². The van der Waals surface area contributed by atoms with Gasteiger partial charge in [0, 0.05) is 44.5 Å². The molecule has 2 aromatic heterocycles. The van der Waals surface area contributed by atoms with Crippen molar-refractivity contribution in [3.05, 3.63) is 83.4 Å². The zero-order valence-corrected chi connectivity index (χ0v) is 14.8. The van der Waals surface area contributed by atoms with Crippen molar-refractivity contribution in [1.29, 1.82) is 0 Å². The van der Waals surface area contributed by atoms with Crippen LogP contribution in [0.25, 0.3) is 0 Å². The van der Waals surface area contributed by atoms with Gasteiger partial charge in [-0.15, -0.1) is 0 Å². The van der Waals surface area contributed by atoms with Crippen LogP contribution in [0.1, 0.15) is 35.2 Å². The van der Waals surface area contributed by atoms with Crippen LogP contribution in [-0.2, 0) is 19.5 Å². The Hall–Kier alpha value is -2.50. The first-order valence-electron chi connectivity index (χ1n) is 9.21. The summed E-state index contributed by atoms with van der Waals surface area (Å²) >= 11 is 0. The van der Waals surface area contributed by atoms with Crippen molar-refractivity contribution in [2.24, 2.45) is 0 Å². The molecule has 0 saturated heterocycles. The van der Waals surface area contributed by atoms with E-state index in [4.69, 9.17) is 0 Å². The smallest absolute Gasteiger partial charge is 0.123 e. The minimum Gasteiger partial charge on any atom is -0.382 e. The second kappa shape index (κ2) is 7.81. The SMILES string of the molecule is OC(c1ccccc1)c1cc2n(n1)CCCN(CCc1ccccn1)C2. The van der Waals surface area contributed by atoms with Gasteiger partial charge in [0.15, 0.2) is 0 Å². The monoisotopic (exact) mass is 348 g/mol. The van der Waals surface area contributed by atoms with Crippen molar-refractivity contribution < 1.29 is 5.11 Å². The molecule has 3 aromatic rings. The van der Waals surface area contributed by atoms with Gasteiger partial charge >= 0.3 is 0 Å². The molecule has 1 N–H and O–H groups in total. The lowest BCUT2D eigenvalue weighted by Gasteiger charge is -2.19. The predicted molar refractivity (Wildman–Crippen MR) is 101 cm³/mol. The van der Waals surface area contributed by atoms with E-state index in [1.807, 2.05) is 48.7 Å². The van der Waals surface area contributed by atoms with E-state index in [1.54, 1.807) is 0 Å². The third-order valence-electron chi connectivity index (χ3n) is 4.92. The fourth-order valence-electron chi connectivity index (χ4n) is 3.50. The van der Waals surface area contributed by atoms with E-state index in [-0.39, 0.29) is 0 Å². The topological polar surface area (TPSA) is 54.2 Å². The Kier molecular flexibility index (Phi) is 5.09. The quantitative estimate of drug-likeness (QED) is 0.770. The van der Waals surface area contributed by atoms with E-state index >= 15 is 0 Å².